The zero-order chi connectivity index (χ0) is 19.7. The summed E-state index contributed by atoms with van der Waals surface area (Å²) >= 11 is 0. The highest BCUT2D eigenvalue weighted by Gasteiger charge is 2.68. The van der Waals surface area contributed by atoms with E-state index in [-0.39, 0.29) is 36.3 Å². The van der Waals surface area contributed by atoms with Crippen LogP contribution in [-0.4, -0.2) is 46.7 Å². The SMILES string of the molecule is CC1(C(O)C=C[C@@H]2[C@H](CC=CCCCC(=O)O)[C@H]3O[C@@H]2[C@H]2O[C@H]23)CCCCC1. The number of allylic oxidation sites excluding steroid dienone is 2. The molecule has 3 aliphatic heterocycles. The van der Waals surface area contributed by atoms with Crippen LogP contribution in [0.15, 0.2) is 24.3 Å². The molecule has 7 atom stereocenters. The highest BCUT2D eigenvalue weighted by molar-refractivity contribution is 5.66. The fourth-order valence-electron chi connectivity index (χ4n) is 5.53. The number of fused-ring (bicyclic) bond motifs is 5. The lowest BCUT2D eigenvalue weighted by Gasteiger charge is -2.37. The molecule has 4 rings (SSSR count). The number of hydrogen-bond donors (Lipinski definition) is 2. The van der Waals surface area contributed by atoms with E-state index in [1.807, 2.05) is 6.08 Å². The Kier molecular flexibility index (Phi) is 5.96. The van der Waals surface area contributed by atoms with Gasteiger partial charge in [-0.15, -0.1) is 0 Å². The van der Waals surface area contributed by atoms with Gasteiger partial charge in [-0.2, -0.15) is 0 Å². The minimum absolute atomic E-state index is 0.00534. The van der Waals surface area contributed by atoms with E-state index >= 15 is 0 Å². The predicted octanol–water partition coefficient (Wildman–Crippen LogP) is 3.86. The first-order chi connectivity index (χ1) is 13.5. The molecule has 0 aromatic carbocycles. The molecule has 2 bridgehead atoms. The summed E-state index contributed by atoms with van der Waals surface area (Å²) in [6.07, 6.45) is 17.4. The van der Waals surface area contributed by atoms with Crippen molar-refractivity contribution < 1.29 is 24.5 Å². The van der Waals surface area contributed by atoms with Crippen molar-refractivity contribution in [3.8, 4) is 0 Å². The van der Waals surface area contributed by atoms with Crippen LogP contribution in [0, 0.1) is 17.3 Å². The molecule has 0 radical (unpaired) electrons. The van der Waals surface area contributed by atoms with Crippen molar-refractivity contribution in [2.75, 3.05) is 0 Å². The minimum atomic E-state index is -0.734. The minimum Gasteiger partial charge on any atom is -0.481 e. The third-order valence-electron chi connectivity index (χ3n) is 7.38. The Hall–Kier alpha value is -1.17. The van der Waals surface area contributed by atoms with Crippen molar-refractivity contribution in [1.82, 2.24) is 0 Å². The molecule has 5 heteroatoms. The van der Waals surface area contributed by atoms with E-state index in [4.69, 9.17) is 14.6 Å². The highest BCUT2D eigenvalue weighted by atomic mass is 16.7. The molecule has 28 heavy (non-hydrogen) atoms. The fraction of sp³-hybridized carbons (Fsp3) is 0.783. The lowest BCUT2D eigenvalue weighted by Crippen LogP contribution is -2.34. The van der Waals surface area contributed by atoms with Crippen molar-refractivity contribution in [2.24, 2.45) is 17.3 Å². The average Bonchev–Trinajstić information content (AvgIpc) is 3.30. The zero-order valence-corrected chi connectivity index (χ0v) is 16.8. The van der Waals surface area contributed by atoms with Crippen LogP contribution < -0.4 is 0 Å². The molecule has 0 amide bonds. The van der Waals surface area contributed by atoms with Gasteiger partial charge >= 0.3 is 5.97 Å². The molecular weight excluding hydrogens is 356 g/mol. The molecule has 5 nitrogen and oxygen atoms in total. The predicted molar refractivity (Wildman–Crippen MR) is 106 cm³/mol. The van der Waals surface area contributed by atoms with Gasteiger partial charge in [0.05, 0.1) is 18.3 Å². The molecule has 2 N–H and O–H groups in total. The topological polar surface area (TPSA) is 79.3 Å². The number of carbonyl (C=O) groups is 1. The van der Waals surface area contributed by atoms with Crippen LogP contribution in [0.5, 0.6) is 0 Å². The molecule has 1 aliphatic carbocycles. The molecule has 0 spiro atoms. The molecule has 1 unspecified atom stereocenters. The first kappa shape index (κ1) is 20.1. The summed E-state index contributed by atoms with van der Waals surface area (Å²) in [6, 6.07) is 0. The van der Waals surface area contributed by atoms with Crippen LogP contribution in [0.3, 0.4) is 0 Å². The number of aliphatic carboxylic acids is 1. The number of carboxylic acids is 1. The summed E-state index contributed by atoms with van der Waals surface area (Å²) in [7, 11) is 0. The van der Waals surface area contributed by atoms with Crippen molar-refractivity contribution in [3.05, 3.63) is 24.3 Å². The molecule has 3 saturated heterocycles. The van der Waals surface area contributed by atoms with Gasteiger partial charge in [-0.3, -0.25) is 4.79 Å². The molecule has 0 aromatic heterocycles. The van der Waals surface area contributed by atoms with Crippen LogP contribution in [0.25, 0.3) is 0 Å². The Morgan fingerprint density at radius 3 is 2.57 bits per heavy atom. The van der Waals surface area contributed by atoms with Crippen molar-refractivity contribution >= 4 is 5.97 Å². The van der Waals surface area contributed by atoms with E-state index < -0.39 is 12.1 Å². The molecule has 4 fully saturated rings. The van der Waals surface area contributed by atoms with Gasteiger partial charge in [-0.05, 0) is 37.5 Å². The van der Waals surface area contributed by atoms with E-state index in [1.165, 1.54) is 19.3 Å². The maximum atomic E-state index is 10.8. The monoisotopic (exact) mass is 390 g/mol. The van der Waals surface area contributed by atoms with Crippen molar-refractivity contribution in [1.29, 1.82) is 0 Å². The van der Waals surface area contributed by atoms with Gasteiger partial charge in [-0.1, -0.05) is 50.5 Å². The quantitative estimate of drug-likeness (QED) is 0.355. The first-order valence-corrected chi connectivity index (χ1v) is 11.0. The summed E-state index contributed by atoms with van der Waals surface area (Å²) < 4.78 is 12.0. The van der Waals surface area contributed by atoms with Crippen LogP contribution in [0.2, 0.25) is 0 Å². The van der Waals surface area contributed by atoms with E-state index in [0.717, 1.165) is 25.7 Å². The van der Waals surface area contributed by atoms with Gasteiger partial charge in [0.1, 0.15) is 12.2 Å². The van der Waals surface area contributed by atoms with Crippen molar-refractivity contribution in [3.63, 3.8) is 0 Å². The second-order valence-electron chi connectivity index (χ2n) is 9.41. The molecule has 4 aliphatic rings. The Bertz CT molecular complexity index is 620. The van der Waals surface area contributed by atoms with E-state index in [2.05, 4.69) is 25.2 Å². The lowest BCUT2D eigenvalue weighted by atomic mass is 9.71. The van der Waals surface area contributed by atoms with Crippen molar-refractivity contribution in [2.45, 2.75) is 95.2 Å². The van der Waals surface area contributed by atoms with Gasteiger partial charge in [0.25, 0.3) is 0 Å². The number of ether oxygens (including phenoxy) is 2. The number of rotatable bonds is 9. The number of aliphatic hydroxyl groups excluding tert-OH is 1. The largest absolute Gasteiger partial charge is 0.481 e. The van der Waals surface area contributed by atoms with E-state index in [9.17, 15) is 9.90 Å². The standard InChI is InChI=1S/C23H34O5/c1-23(13-7-4-8-14-23)17(24)12-11-16-15(9-5-2-3-6-10-18(25)26)19-21-22(28-21)20(16)27-19/h2,5,11-12,15-17,19-22,24H,3-4,6-10,13-14H2,1H3,(H,25,26)/t15-,16+,17?,19+,20-,21-,22+/m0/s1. The average molecular weight is 391 g/mol. The van der Waals surface area contributed by atoms with Crippen LogP contribution in [0.1, 0.15) is 64.7 Å². The molecule has 1 saturated carbocycles. The summed E-state index contributed by atoms with van der Waals surface area (Å²) in [5.74, 6) is -0.0615. The number of carboxylic acid groups (broad SMARTS) is 1. The van der Waals surface area contributed by atoms with E-state index in [1.54, 1.807) is 0 Å². The Morgan fingerprint density at radius 2 is 1.82 bits per heavy atom. The van der Waals surface area contributed by atoms with Gasteiger partial charge in [0, 0.05) is 18.3 Å². The summed E-state index contributed by atoms with van der Waals surface area (Å²) in [6.45, 7) is 2.22. The maximum absolute atomic E-state index is 10.8. The Balaban J connectivity index is 1.34. The zero-order valence-electron chi connectivity index (χ0n) is 16.8. The molecule has 156 valence electrons. The number of aliphatic hydroxyl groups is 1. The van der Waals surface area contributed by atoms with Gasteiger partial charge in [-0.25, -0.2) is 0 Å². The van der Waals surface area contributed by atoms with Crippen LogP contribution >= 0.6 is 0 Å². The lowest BCUT2D eigenvalue weighted by molar-refractivity contribution is -0.137. The molecular formula is C23H34O5. The first-order valence-electron chi connectivity index (χ1n) is 11.0. The van der Waals surface area contributed by atoms with Gasteiger partial charge < -0.3 is 19.7 Å². The Labute approximate surface area is 167 Å². The normalized spacial score (nSPS) is 39.5. The number of unbranched alkanes of at least 4 members (excludes halogenated alkanes) is 1. The number of hydrogen-bond acceptors (Lipinski definition) is 4. The van der Waals surface area contributed by atoms with Gasteiger partial charge in [0.2, 0.25) is 0 Å². The second-order valence-corrected chi connectivity index (χ2v) is 9.41. The van der Waals surface area contributed by atoms with Crippen LogP contribution in [-0.2, 0) is 14.3 Å². The summed E-state index contributed by atoms with van der Waals surface area (Å²) in [5.41, 5.74) is 0.00534. The highest BCUT2D eigenvalue weighted by Crippen LogP contribution is 2.55. The molecule has 3 heterocycles. The van der Waals surface area contributed by atoms with E-state index in [0.29, 0.717) is 18.3 Å². The maximum Gasteiger partial charge on any atom is 0.303 e. The third-order valence-corrected chi connectivity index (χ3v) is 7.38. The fourth-order valence-corrected chi connectivity index (χ4v) is 5.53. The number of epoxide rings is 1. The summed E-state index contributed by atoms with van der Waals surface area (Å²) in [4.78, 5) is 10.6. The molecule has 0 aromatic rings. The third kappa shape index (κ3) is 4.07. The smallest absolute Gasteiger partial charge is 0.303 e. The Morgan fingerprint density at radius 1 is 1.11 bits per heavy atom. The summed E-state index contributed by atoms with van der Waals surface area (Å²) in [5, 5.41) is 19.5. The van der Waals surface area contributed by atoms with Gasteiger partial charge in [0.15, 0.2) is 0 Å². The second kappa shape index (κ2) is 8.29. The van der Waals surface area contributed by atoms with Crippen LogP contribution in [0.4, 0.5) is 0 Å².